The Balaban J connectivity index is 1.28. The Morgan fingerprint density at radius 3 is 2.35 bits per heavy atom. The van der Waals surface area contributed by atoms with E-state index in [-0.39, 0.29) is 11.0 Å². The molecular formula is C30H35N5O2. The monoisotopic (exact) mass is 497 g/mol. The summed E-state index contributed by atoms with van der Waals surface area (Å²) in [4.78, 5) is 24.3. The number of ether oxygens (including phenoxy) is 1. The molecule has 1 fully saturated rings. The Kier molecular flexibility index (Phi) is 7.12. The van der Waals surface area contributed by atoms with E-state index >= 15 is 0 Å². The second-order valence-electron chi connectivity index (χ2n) is 10.6. The van der Waals surface area contributed by atoms with Gasteiger partial charge in [0, 0.05) is 42.1 Å². The highest BCUT2D eigenvalue weighted by Crippen LogP contribution is 2.25. The molecule has 192 valence electrons. The SMILES string of the molecule is CC(C)(C)c1ccc(OCCn2c(=O)ccc3cnc(Nc4ccc(N5CCCCC5)cc4)nc32)cc1. The minimum Gasteiger partial charge on any atom is -0.492 e. The lowest BCUT2D eigenvalue weighted by Crippen LogP contribution is -2.29. The number of fused-ring (bicyclic) bond motifs is 1. The van der Waals surface area contributed by atoms with Crippen LogP contribution in [-0.4, -0.2) is 34.2 Å². The third-order valence-electron chi connectivity index (χ3n) is 6.87. The van der Waals surface area contributed by atoms with Gasteiger partial charge in [-0.05, 0) is 72.7 Å². The van der Waals surface area contributed by atoms with Crippen LogP contribution in [-0.2, 0) is 12.0 Å². The van der Waals surface area contributed by atoms with Gasteiger partial charge in [0.05, 0.1) is 6.54 Å². The summed E-state index contributed by atoms with van der Waals surface area (Å²) in [6.45, 7) is 9.53. The molecule has 0 atom stereocenters. The van der Waals surface area contributed by atoms with Gasteiger partial charge in [0.2, 0.25) is 5.95 Å². The molecule has 2 aromatic carbocycles. The van der Waals surface area contributed by atoms with E-state index in [0.717, 1.165) is 29.9 Å². The molecule has 1 N–H and O–H groups in total. The van der Waals surface area contributed by atoms with Gasteiger partial charge < -0.3 is 15.0 Å². The Morgan fingerprint density at radius 2 is 1.65 bits per heavy atom. The number of piperidine rings is 1. The van der Waals surface area contributed by atoms with Crippen molar-refractivity contribution in [3.63, 3.8) is 0 Å². The summed E-state index contributed by atoms with van der Waals surface area (Å²) in [5, 5.41) is 4.09. The number of pyridine rings is 1. The lowest BCUT2D eigenvalue weighted by molar-refractivity contribution is 0.298. The van der Waals surface area contributed by atoms with Crippen molar-refractivity contribution in [2.24, 2.45) is 0 Å². The van der Waals surface area contributed by atoms with E-state index in [9.17, 15) is 4.79 Å². The molecule has 4 aromatic rings. The van der Waals surface area contributed by atoms with E-state index < -0.39 is 0 Å². The highest BCUT2D eigenvalue weighted by molar-refractivity contribution is 5.75. The van der Waals surface area contributed by atoms with Crippen LogP contribution in [0.3, 0.4) is 0 Å². The van der Waals surface area contributed by atoms with Crippen LogP contribution >= 0.6 is 0 Å². The number of hydrogen-bond acceptors (Lipinski definition) is 6. The van der Waals surface area contributed by atoms with E-state index in [1.807, 2.05) is 24.3 Å². The molecule has 0 spiro atoms. The second kappa shape index (κ2) is 10.6. The molecule has 5 rings (SSSR count). The van der Waals surface area contributed by atoms with Crippen LogP contribution < -0.4 is 20.5 Å². The Bertz CT molecular complexity index is 1400. The lowest BCUT2D eigenvalue weighted by atomic mass is 9.87. The van der Waals surface area contributed by atoms with Crippen molar-refractivity contribution in [3.8, 4) is 5.75 Å². The first-order valence-corrected chi connectivity index (χ1v) is 13.1. The topological polar surface area (TPSA) is 72.3 Å². The first-order chi connectivity index (χ1) is 17.9. The van der Waals surface area contributed by atoms with E-state index in [0.29, 0.717) is 24.7 Å². The fourth-order valence-electron chi connectivity index (χ4n) is 4.69. The van der Waals surface area contributed by atoms with Crippen molar-refractivity contribution in [3.05, 3.63) is 82.8 Å². The molecule has 37 heavy (non-hydrogen) atoms. The van der Waals surface area contributed by atoms with Crippen molar-refractivity contribution in [2.45, 2.75) is 52.0 Å². The van der Waals surface area contributed by atoms with Gasteiger partial charge in [-0.15, -0.1) is 0 Å². The summed E-state index contributed by atoms with van der Waals surface area (Å²) >= 11 is 0. The van der Waals surface area contributed by atoms with E-state index in [4.69, 9.17) is 4.74 Å². The van der Waals surface area contributed by atoms with Crippen molar-refractivity contribution in [2.75, 3.05) is 29.9 Å². The molecule has 2 aromatic heterocycles. The number of benzene rings is 2. The van der Waals surface area contributed by atoms with Crippen LogP contribution in [0.25, 0.3) is 11.0 Å². The summed E-state index contributed by atoms with van der Waals surface area (Å²) in [6, 6.07) is 19.8. The number of nitrogens with one attached hydrogen (secondary N) is 1. The Labute approximate surface area is 218 Å². The van der Waals surface area contributed by atoms with Gasteiger partial charge in [0.25, 0.3) is 5.56 Å². The third kappa shape index (κ3) is 5.93. The van der Waals surface area contributed by atoms with Crippen LogP contribution in [0.15, 0.2) is 71.7 Å². The zero-order chi connectivity index (χ0) is 25.8. The van der Waals surface area contributed by atoms with Gasteiger partial charge >= 0.3 is 0 Å². The molecule has 1 saturated heterocycles. The van der Waals surface area contributed by atoms with Crippen molar-refractivity contribution >= 4 is 28.4 Å². The predicted octanol–water partition coefficient (Wildman–Crippen LogP) is 5.90. The summed E-state index contributed by atoms with van der Waals surface area (Å²) in [6.07, 6.45) is 5.56. The number of anilines is 3. The molecule has 1 aliphatic rings. The number of rotatable bonds is 7. The smallest absolute Gasteiger partial charge is 0.252 e. The number of nitrogens with zero attached hydrogens (tertiary/aromatic N) is 4. The van der Waals surface area contributed by atoms with Crippen molar-refractivity contribution in [1.29, 1.82) is 0 Å². The summed E-state index contributed by atoms with van der Waals surface area (Å²) < 4.78 is 7.59. The average Bonchev–Trinajstić information content (AvgIpc) is 2.91. The third-order valence-corrected chi connectivity index (χ3v) is 6.87. The normalized spacial score (nSPS) is 14.1. The first-order valence-electron chi connectivity index (χ1n) is 13.1. The van der Waals surface area contributed by atoms with Gasteiger partial charge in [0.1, 0.15) is 18.0 Å². The zero-order valence-corrected chi connectivity index (χ0v) is 21.9. The quantitative estimate of drug-likeness (QED) is 0.343. The van der Waals surface area contributed by atoms with Crippen LogP contribution in [0.1, 0.15) is 45.6 Å². The molecule has 0 saturated carbocycles. The standard InChI is InChI=1S/C30H35N5O2/c1-30(2,3)23-8-14-26(15-9-23)37-20-19-35-27(36)16-7-22-21-31-29(33-28(22)35)32-24-10-12-25(13-11-24)34-17-5-4-6-18-34/h7-16,21H,4-6,17-20H2,1-3H3,(H,31,32,33). The number of aromatic nitrogens is 3. The Morgan fingerprint density at radius 1 is 0.919 bits per heavy atom. The molecule has 3 heterocycles. The Hall–Kier alpha value is -3.87. The van der Waals surface area contributed by atoms with Crippen LogP contribution in [0.2, 0.25) is 0 Å². The van der Waals surface area contributed by atoms with Gasteiger partial charge in [-0.2, -0.15) is 4.98 Å². The van der Waals surface area contributed by atoms with E-state index in [2.05, 4.69) is 65.2 Å². The number of hydrogen-bond donors (Lipinski definition) is 1. The van der Waals surface area contributed by atoms with Gasteiger partial charge in [-0.1, -0.05) is 32.9 Å². The van der Waals surface area contributed by atoms with Gasteiger partial charge in [0.15, 0.2) is 0 Å². The largest absolute Gasteiger partial charge is 0.492 e. The molecule has 7 nitrogen and oxygen atoms in total. The fraction of sp³-hybridized carbons (Fsp3) is 0.367. The first kappa shape index (κ1) is 24.8. The van der Waals surface area contributed by atoms with Gasteiger partial charge in [-0.3, -0.25) is 9.36 Å². The maximum atomic E-state index is 12.7. The minimum atomic E-state index is -0.116. The highest BCUT2D eigenvalue weighted by atomic mass is 16.5. The summed E-state index contributed by atoms with van der Waals surface area (Å²) in [5.41, 5.74) is 3.97. The van der Waals surface area contributed by atoms with Crippen LogP contribution in [0, 0.1) is 0 Å². The van der Waals surface area contributed by atoms with Crippen LogP contribution in [0.4, 0.5) is 17.3 Å². The molecule has 0 radical (unpaired) electrons. The molecular weight excluding hydrogens is 462 g/mol. The average molecular weight is 498 g/mol. The van der Waals surface area contributed by atoms with Crippen molar-refractivity contribution in [1.82, 2.24) is 14.5 Å². The molecule has 0 amide bonds. The second-order valence-corrected chi connectivity index (χ2v) is 10.6. The molecule has 7 heteroatoms. The highest BCUT2D eigenvalue weighted by Gasteiger charge is 2.14. The van der Waals surface area contributed by atoms with Crippen LogP contribution in [0.5, 0.6) is 5.75 Å². The summed E-state index contributed by atoms with van der Waals surface area (Å²) in [7, 11) is 0. The lowest BCUT2D eigenvalue weighted by Gasteiger charge is -2.28. The molecule has 1 aliphatic heterocycles. The fourth-order valence-corrected chi connectivity index (χ4v) is 4.69. The van der Waals surface area contributed by atoms with Gasteiger partial charge in [-0.25, -0.2) is 4.98 Å². The molecule has 0 unspecified atom stereocenters. The predicted molar refractivity (Wildman–Crippen MR) is 150 cm³/mol. The zero-order valence-electron chi connectivity index (χ0n) is 21.9. The van der Waals surface area contributed by atoms with Crippen molar-refractivity contribution < 1.29 is 4.74 Å². The maximum Gasteiger partial charge on any atom is 0.252 e. The molecule has 0 bridgehead atoms. The minimum absolute atomic E-state index is 0.0929. The molecule has 0 aliphatic carbocycles. The maximum absolute atomic E-state index is 12.7. The summed E-state index contributed by atoms with van der Waals surface area (Å²) in [5.74, 6) is 1.24. The van der Waals surface area contributed by atoms with E-state index in [1.165, 1.54) is 30.5 Å². The van der Waals surface area contributed by atoms with E-state index in [1.54, 1.807) is 22.9 Å².